The second-order valence-corrected chi connectivity index (χ2v) is 9.71. The molecule has 0 saturated carbocycles. The largest absolute Gasteiger partial charge is 0.377 e. The van der Waals surface area contributed by atoms with Gasteiger partial charge in [0.15, 0.2) is 8.07 Å². The highest BCUT2D eigenvalue weighted by molar-refractivity contribution is 6.86. The summed E-state index contributed by atoms with van der Waals surface area (Å²) in [4.78, 5) is 0. The molecule has 0 bridgehead atoms. The molecule has 0 N–H and O–H groups in total. The molecule has 3 nitrogen and oxygen atoms in total. The Bertz CT molecular complexity index is 182. The van der Waals surface area contributed by atoms with Crippen molar-refractivity contribution in [1.29, 1.82) is 0 Å². The third kappa shape index (κ3) is 1.13. The SMILES string of the molecule is CC(C)[Si](C1CO1)(C1CO1)C1CO1. The summed E-state index contributed by atoms with van der Waals surface area (Å²) in [6.07, 6.45) is 0. The van der Waals surface area contributed by atoms with Gasteiger partial charge in [0.1, 0.15) is 0 Å². The fraction of sp³-hybridized carbons (Fsp3) is 1.00. The molecule has 3 aliphatic rings. The van der Waals surface area contributed by atoms with E-state index in [1.165, 1.54) is 0 Å². The van der Waals surface area contributed by atoms with Crippen molar-refractivity contribution >= 4 is 8.07 Å². The van der Waals surface area contributed by atoms with Crippen molar-refractivity contribution in [2.24, 2.45) is 0 Å². The standard InChI is InChI=1S/C9H16O3Si/c1-6(2)13(7-3-10-7,8-4-11-8)9-5-12-9/h6-9H,3-5H2,1-2H3. The zero-order chi connectivity index (χ0) is 9.05. The molecule has 74 valence electrons. The normalized spacial score (nSPS) is 45.9. The van der Waals surface area contributed by atoms with Gasteiger partial charge in [-0.25, -0.2) is 0 Å². The zero-order valence-corrected chi connectivity index (χ0v) is 9.16. The van der Waals surface area contributed by atoms with Crippen molar-refractivity contribution in [2.45, 2.75) is 36.6 Å². The van der Waals surface area contributed by atoms with Crippen LogP contribution in [0.3, 0.4) is 0 Å². The molecule has 3 fully saturated rings. The van der Waals surface area contributed by atoms with Gasteiger partial charge >= 0.3 is 0 Å². The molecule has 0 radical (unpaired) electrons. The molecule has 0 aromatic rings. The van der Waals surface area contributed by atoms with E-state index in [4.69, 9.17) is 14.2 Å². The fourth-order valence-corrected chi connectivity index (χ4v) is 8.24. The lowest BCUT2D eigenvalue weighted by molar-refractivity contribution is 0.398. The van der Waals surface area contributed by atoms with Crippen molar-refractivity contribution in [3.8, 4) is 0 Å². The van der Waals surface area contributed by atoms with Gasteiger partial charge in [-0.05, 0) is 5.54 Å². The van der Waals surface area contributed by atoms with E-state index in [0.717, 1.165) is 25.4 Å². The first-order valence-electron chi connectivity index (χ1n) is 5.11. The molecule has 3 unspecified atom stereocenters. The predicted molar refractivity (Wildman–Crippen MR) is 50.1 cm³/mol. The Labute approximate surface area is 79.4 Å². The summed E-state index contributed by atoms with van der Waals surface area (Å²) in [6.45, 7) is 7.52. The topological polar surface area (TPSA) is 37.6 Å². The average molecular weight is 200 g/mol. The van der Waals surface area contributed by atoms with Crippen LogP contribution in [0.4, 0.5) is 0 Å². The van der Waals surface area contributed by atoms with Crippen LogP contribution in [0.15, 0.2) is 0 Å². The van der Waals surface area contributed by atoms with Gasteiger partial charge in [0.25, 0.3) is 0 Å². The van der Waals surface area contributed by atoms with Gasteiger partial charge in [-0.15, -0.1) is 0 Å². The van der Waals surface area contributed by atoms with Crippen molar-refractivity contribution in [3.05, 3.63) is 0 Å². The Morgan fingerprint density at radius 3 is 1.38 bits per heavy atom. The molecular weight excluding hydrogens is 184 g/mol. The Hall–Kier alpha value is 0.0969. The smallest absolute Gasteiger partial charge is 0.163 e. The van der Waals surface area contributed by atoms with Crippen LogP contribution >= 0.6 is 0 Å². The number of rotatable bonds is 4. The third-order valence-electron chi connectivity index (χ3n) is 3.67. The molecule has 0 amide bonds. The molecule has 3 heterocycles. The molecule has 13 heavy (non-hydrogen) atoms. The van der Waals surface area contributed by atoms with Crippen LogP contribution in [0.1, 0.15) is 13.8 Å². The Morgan fingerprint density at radius 2 is 1.23 bits per heavy atom. The molecule has 3 saturated heterocycles. The minimum atomic E-state index is -1.44. The molecule has 3 rings (SSSR count). The van der Waals surface area contributed by atoms with Crippen molar-refractivity contribution in [1.82, 2.24) is 0 Å². The first kappa shape index (κ1) is 8.41. The van der Waals surface area contributed by atoms with E-state index < -0.39 is 8.07 Å². The minimum Gasteiger partial charge on any atom is -0.377 e. The second-order valence-electron chi connectivity index (χ2n) is 4.62. The van der Waals surface area contributed by atoms with Crippen LogP contribution in [0, 0.1) is 0 Å². The quantitative estimate of drug-likeness (QED) is 0.494. The molecule has 0 aromatic carbocycles. The lowest BCUT2D eigenvalue weighted by Crippen LogP contribution is -2.56. The highest BCUT2D eigenvalue weighted by Gasteiger charge is 2.68. The fourth-order valence-electron chi connectivity index (χ4n) is 2.75. The maximum absolute atomic E-state index is 5.54. The Balaban J connectivity index is 1.90. The molecular formula is C9H16O3Si. The maximum atomic E-state index is 5.54. The maximum Gasteiger partial charge on any atom is 0.163 e. The minimum absolute atomic E-state index is 0.535. The highest BCUT2D eigenvalue weighted by Crippen LogP contribution is 2.47. The molecule has 3 atom stereocenters. The number of epoxide rings is 3. The molecule has 0 aliphatic carbocycles. The summed E-state index contributed by atoms with van der Waals surface area (Å²) in [6, 6.07) is 0. The van der Waals surface area contributed by atoms with E-state index in [-0.39, 0.29) is 0 Å². The lowest BCUT2D eigenvalue weighted by Gasteiger charge is -2.30. The van der Waals surface area contributed by atoms with Gasteiger partial charge in [-0.1, -0.05) is 13.8 Å². The summed E-state index contributed by atoms with van der Waals surface area (Å²) < 4.78 is 16.6. The Morgan fingerprint density at radius 1 is 0.923 bits per heavy atom. The van der Waals surface area contributed by atoms with E-state index >= 15 is 0 Å². The Kier molecular flexibility index (Phi) is 1.66. The predicted octanol–water partition coefficient (Wildman–Crippen LogP) is 0.659. The van der Waals surface area contributed by atoms with E-state index in [9.17, 15) is 0 Å². The summed E-state index contributed by atoms with van der Waals surface area (Å²) in [7, 11) is -1.44. The van der Waals surface area contributed by atoms with E-state index in [1.807, 2.05) is 0 Å². The number of hydrogen-bond acceptors (Lipinski definition) is 3. The van der Waals surface area contributed by atoms with Crippen LogP contribution in [-0.2, 0) is 14.2 Å². The van der Waals surface area contributed by atoms with Crippen LogP contribution in [0.2, 0.25) is 5.54 Å². The van der Waals surface area contributed by atoms with Crippen LogP contribution in [0.5, 0.6) is 0 Å². The van der Waals surface area contributed by atoms with Gasteiger partial charge in [-0.3, -0.25) is 0 Å². The number of ether oxygens (including phenoxy) is 3. The summed E-state index contributed by atoms with van der Waals surface area (Å²) in [5, 5.41) is 0. The highest BCUT2D eigenvalue weighted by atomic mass is 28.3. The summed E-state index contributed by atoms with van der Waals surface area (Å²) in [5.41, 5.74) is 2.33. The van der Waals surface area contributed by atoms with E-state index in [2.05, 4.69) is 13.8 Å². The van der Waals surface area contributed by atoms with Gasteiger partial charge < -0.3 is 14.2 Å². The molecule has 0 spiro atoms. The van der Waals surface area contributed by atoms with Crippen LogP contribution < -0.4 is 0 Å². The van der Waals surface area contributed by atoms with Gasteiger partial charge in [0, 0.05) is 0 Å². The molecule has 4 heteroatoms. The van der Waals surface area contributed by atoms with Crippen molar-refractivity contribution < 1.29 is 14.2 Å². The summed E-state index contributed by atoms with van der Waals surface area (Å²) >= 11 is 0. The van der Waals surface area contributed by atoms with E-state index in [0.29, 0.717) is 17.2 Å². The lowest BCUT2D eigenvalue weighted by atomic mass is 10.6. The molecule has 3 aliphatic heterocycles. The third-order valence-corrected chi connectivity index (χ3v) is 10.0. The zero-order valence-electron chi connectivity index (χ0n) is 8.16. The monoisotopic (exact) mass is 200 g/mol. The first-order chi connectivity index (χ1) is 6.26. The van der Waals surface area contributed by atoms with Crippen molar-refractivity contribution in [3.63, 3.8) is 0 Å². The first-order valence-corrected chi connectivity index (χ1v) is 7.42. The van der Waals surface area contributed by atoms with Gasteiger partial charge in [-0.2, -0.15) is 0 Å². The van der Waals surface area contributed by atoms with E-state index in [1.54, 1.807) is 0 Å². The second kappa shape index (κ2) is 2.57. The van der Waals surface area contributed by atoms with Crippen LogP contribution in [0.25, 0.3) is 0 Å². The van der Waals surface area contributed by atoms with Crippen LogP contribution in [-0.4, -0.2) is 45.1 Å². The summed E-state index contributed by atoms with van der Waals surface area (Å²) in [5.74, 6) is 0. The number of hydrogen-bond donors (Lipinski definition) is 0. The van der Waals surface area contributed by atoms with Gasteiger partial charge in [0.05, 0.1) is 37.0 Å². The van der Waals surface area contributed by atoms with Crippen molar-refractivity contribution in [2.75, 3.05) is 19.8 Å². The van der Waals surface area contributed by atoms with Gasteiger partial charge in [0.2, 0.25) is 0 Å². The molecule has 0 aromatic heterocycles. The average Bonchev–Trinajstić information content (AvgIpc) is 2.95.